The second-order valence-electron chi connectivity index (χ2n) is 3.93. The van der Waals surface area contributed by atoms with Crippen LogP contribution in [0.4, 0.5) is 17.5 Å². The van der Waals surface area contributed by atoms with E-state index in [1.54, 1.807) is 0 Å². The average Bonchev–Trinajstić information content (AvgIpc) is 2.08. The lowest BCUT2D eigenvalue weighted by Crippen LogP contribution is -2.38. The van der Waals surface area contributed by atoms with Crippen LogP contribution < -0.4 is 16.2 Å². The molecule has 0 atom stereocenters. The topological polar surface area (TPSA) is 99.4 Å². The van der Waals surface area contributed by atoms with Gasteiger partial charge in [-0.15, -0.1) is 0 Å². The van der Waals surface area contributed by atoms with Gasteiger partial charge in [0.1, 0.15) is 5.60 Å². The van der Waals surface area contributed by atoms with E-state index in [1.165, 1.54) is 0 Å². The largest absolute Gasteiger partial charge is 0.464 e. The van der Waals surface area contributed by atoms with E-state index in [2.05, 4.69) is 15.0 Å². The zero-order valence-corrected chi connectivity index (χ0v) is 8.90. The molecule has 0 saturated carbocycles. The molecule has 0 amide bonds. The summed E-state index contributed by atoms with van der Waals surface area (Å²) in [6.45, 7) is 5.69. The van der Waals surface area contributed by atoms with Gasteiger partial charge in [-0.05, 0) is 20.8 Å². The maximum Gasteiger partial charge on any atom is 0.248 e. The summed E-state index contributed by atoms with van der Waals surface area (Å²) in [6, 6.07) is 0. The summed E-state index contributed by atoms with van der Waals surface area (Å²) in [5.41, 5.74) is 12.0. The molecule has 0 radical (unpaired) electrons. The van der Waals surface area contributed by atoms with Crippen LogP contribution in [0.1, 0.15) is 20.8 Å². The fraction of sp³-hybridized carbons (Fsp3) is 0.444. The van der Waals surface area contributed by atoms with Crippen molar-refractivity contribution in [2.45, 2.75) is 26.4 Å². The molecule has 2 heterocycles. The SMILES string of the molecule is CC1=Nc2c(N)nc(N)nc2OC1(C)C. The van der Waals surface area contributed by atoms with E-state index < -0.39 is 5.60 Å². The van der Waals surface area contributed by atoms with Crippen molar-refractivity contribution in [2.24, 2.45) is 4.99 Å². The van der Waals surface area contributed by atoms with Crippen LogP contribution in [0, 0.1) is 0 Å². The minimum atomic E-state index is -0.486. The first-order valence-corrected chi connectivity index (χ1v) is 4.58. The molecule has 1 aromatic rings. The summed E-state index contributed by atoms with van der Waals surface area (Å²) in [7, 11) is 0. The molecule has 0 spiro atoms. The van der Waals surface area contributed by atoms with Gasteiger partial charge in [-0.25, -0.2) is 4.99 Å². The van der Waals surface area contributed by atoms with Gasteiger partial charge in [0, 0.05) is 0 Å². The smallest absolute Gasteiger partial charge is 0.248 e. The number of aliphatic imine (C=N–C) groups is 1. The maximum absolute atomic E-state index is 5.67. The highest BCUT2D eigenvalue weighted by Crippen LogP contribution is 2.38. The standard InChI is InChI=1S/C9H13N5O/c1-4-9(2,3)15-7-5(12-4)6(10)13-8(11)14-7/h1-3H3,(H4,10,11,13,14). The van der Waals surface area contributed by atoms with Gasteiger partial charge in [-0.1, -0.05) is 0 Å². The molecule has 6 nitrogen and oxygen atoms in total. The number of nitrogens with zero attached hydrogens (tertiary/aromatic N) is 3. The summed E-state index contributed by atoms with van der Waals surface area (Å²) >= 11 is 0. The Labute approximate surface area is 87.4 Å². The van der Waals surface area contributed by atoms with Crippen molar-refractivity contribution in [3.05, 3.63) is 0 Å². The number of aromatic nitrogens is 2. The van der Waals surface area contributed by atoms with Gasteiger partial charge >= 0.3 is 0 Å². The molecule has 1 aromatic heterocycles. The van der Waals surface area contributed by atoms with Gasteiger partial charge in [0.2, 0.25) is 11.8 Å². The minimum absolute atomic E-state index is 0.0943. The molecule has 6 heteroatoms. The zero-order chi connectivity index (χ0) is 11.2. The lowest BCUT2D eigenvalue weighted by atomic mass is 10.0. The number of anilines is 2. The van der Waals surface area contributed by atoms with Gasteiger partial charge in [-0.2, -0.15) is 9.97 Å². The molecule has 0 saturated heterocycles. The summed E-state index contributed by atoms with van der Waals surface area (Å²) in [5.74, 6) is 0.680. The number of fused-ring (bicyclic) bond motifs is 1. The number of ether oxygens (including phenoxy) is 1. The van der Waals surface area contributed by atoms with Crippen molar-refractivity contribution in [2.75, 3.05) is 11.5 Å². The van der Waals surface area contributed by atoms with Gasteiger partial charge in [-0.3, -0.25) is 0 Å². The molecule has 2 rings (SSSR count). The fourth-order valence-corrected chi connectivity index (χ4v) is 1.26. The molecular formula is C9H13N5O. The maximum atomic E-state index is 5.67. The Morgan fingerprint density at radius 3 is 2.53 bits per heavy atom. The number of hydrogen-bond donors (Lipinski definition) is 2. The van der Waals surface area contributed by atoms with Crippen molar-refractivity contribution < 1.29 is 4.74 Å². The Kier molecular flexibility index (Phi) is 1.82. The summed E-state index contributed by atoms with van der Waals surface area (Å²) < 4.78 is 5.65. The van der Waals surface area contributed by atoms with Crippen molar-refractivity contribution in [3.63, 3.8) is 0 Å². The average molecular weight is 207 g/mol. The van der Waals surface area contributed by atoms with E-state index in [9.17, 15) is 0 Å². The van der Waals surface area contributed by atoms with Crippen LogP contribution >= 0.6 is 0 Å². The van der Waals surface area contributed by atoms with Crippen molar-refractivity contribution in [3.8, 4) is 5.88 Å². The highest BCUT2D eigenvalue weighted by atomic mass is 16.5. The third-order valence-corrected chi connectivity index (χ3v) is 2.40. The van der Waals surface area contributed by atoms with Crippen molar-refractivity contribution >= 4 is 23.2 Å². The van der Waals surface area contributed by atoms with Crippen molar-refractivity contribution in [1.82, 2.24) is 9.97 Å². The van der Waals surface area contributed by atoms with Crippen LogP contribution in [0.15, 0.2) is 4.99 Å². The third kappa shape index (κ3) is 1.47. The fourth-order valence-electron chi connectivity index (χ4n) is 1.26. The predicted octanol–water partition coefficient (Wildman–Crippen LogP) is 0.904. The highest BCUT2D eigenvalue weighted by molar-refractivity contribution is 5.95. The van der Waals surface area contributed by atoms with Crippen LogP contribution in [0.2, 0.25) is 0 Å². The lowest BCUT2D eigenvalue weighted by Gasteiger charge is -2.30. The molecule has 0 bridgehead atoms. The first kappa shape index (κ1) is 9.70. The highest BCUT2D eigenvalue weighted by Gasteiger charge is 2.31. The minimum Gasteiger partial charge on any atom is -0.464 e. The van der Waals surface area contributed by atoms with E-state index >= 15 is 0 Å². The Morgan fingerprint density at radius 1 is 1.20 bits per heavy atom. The zero-order valence-electron chi connectivity index (χ0n) is 8.90. The van der Waals surface area contributed by atoms with Crippen LogP contribution in [0.3, 0.4) is 0 Å². The van der Waals surface area contributed by atoms with Crippen LogP contribution in [0.25, 0.3) is 0 Å². The molecule has 15 heavy (non-hydrogen) atoms. The summed E-state index contributed by atoms with van der Waals surface area (Å²) in [6.07, 6.45) is 0. The number of nitrogens with two attached hydrogens (primary N) is 2. The van der Waals surface area contributed by atoms with Gasteiger partial charge < -0.3 is 16.2 Å². The second-order valence-corrected chi connectivity index (χ2v) is 3.93. The Bertz CT molecular complexity index is 452. The lowest BCUT2D eigenvalue weighted by molar-refractivity contribution is 0.170. The predicted molar refractivity (Wildman–Crippen MR) is 58.3 cm³/mol. The molecule has 0 aromatic carbocycles. The molecule has 4 N–H and O–H groups in total. The normalized spacial score (nSPS) is 17.7. The molecule has 0 aliphatic carbocycles. The molecule has 0 unspecified atom stereocenters. The van der Waals surface area contributed by atoms with E-state index in [1.807, 2.05) is 20.8 Å². The van der Waals surface area contributed by atoms with Gasteiger partial charge in [0.25, 0.3) is 0 Å². The number of rotatable bonds is 0. The molecule has 1 aliphatic heterocycles. The quantitative estimate of drug-likeness (QED) is 0.658. The van der Waals surface area contributed by atoms with Gasteiger partial charge in [0.15, 0.2) is 11.5 Å². The summed E-state index contributed by atoms with van der Waals surface area (Å²) in [5, 5.41) is 0. The first-order chi connectivity index (χ1) is 6.90. The van der Waals surface area contributed by atoms with E-state index in [-0.39, 0.29) is 11.8 Å². The Hall–Kier alpha value is -1.85. The van der Waals surface area contributed by atoms with Crippen LogP contribution in [-0.4, -0.2) is 21.3 Å². The molecule has 1 aliphatic rings. The molecule has 80 valence electrons. The number of nitrogen functional groups attached to an aromatic ring is 2. The molecular weight excluding hydrogens is 194 g/mol. The second kappa shape index (κ2) is 2.82. The number of hydrogen-bond acceptors (Lipinski definition) is 6. The van der Waals surface area contributed by atoms with E-state index in [0.29, 0.717) is 11.6 Å². The van der Waals surface area contributed by atoms with Crippen LogP contribution in [-0.2, 0) is 0 Å². The Balaban J connectivity index is 2.62. The monoisotopic (exact) mass is 207 g/mol. The van der Waals surface area contributed by atoms with Crippen LogP contribution in [0.5, 0.6) is 5.88 Å². The first-order valence-electron chi connectivity index (χ1n) is 4.58. The summed E-state index contributed by atoms with van der Waals surface area (Å²) in [4.78, 5) is 12.1. The van der Waals surface area contributed by atoms with E-state index in [4.69, 9.17) is 16.2 Å². The van der Waals surface area contributed by atoms with Crippen molar-refractivity contribution in [1.29, 1.82) is 0 Å². The Morgan fingerprint density at radius 2 is 1.87 bits per heavy atom. The third-order valence-electron chi connectivity index (χ3n) is 2.40. The van der Waals surface area contributed by atoms with E-state index in [0.717, 1.165) is 5.71 Å². The molecule has 0 fully saturated rings. The van der Waals surface area contributed by atoms with Gasteiger partial charge in [0.05, 0.1) is 5.71 Å².